The summed E-state index contributed by atoms with van der Waals surface area (Å²) >= 11 is 1.02. The molecule has 0 radical (unpaired) electrons. The number of rotatable bonds is 4. The van der Waals surface area contributed by atoms with Crippen molar-refractivity contribution in [3.05, 3.63) is 35.4 Å². The molecule has 2 aliphatic heterocycles. The van der Waals surface area contributed by atoms with Gasteiger partial charge in [0.1, 0.15) is 0 Å². The third-order valence-electron chi connectivity index (χ3n) is 3.77. The molecule has 0 aliphatic carbocycles. The minimum absolute atomic E-state index is 0.121. The molecule has 2 N–H and O–H groups in total. The van der Waals surface area contributed by atoms with Crippen molar-refractivity contribution >= 4 is 28.8 Å². The van der Waals surface area contributed by atoms with Crippen molar-refractivity contribution < 1.29 is 14.4 Å². The molecular formula is C15H17N3O3S. The summed E-state index contributed by atoms with van der Waals surface area (Å²) in [6, 6.07) is 7.23. The van der Waals surface area contributed by atoms with Gasteiger partial charge in [0.25, 0.3) is 11.1 Å². The van der Waals surface area contributed by atoms with E-state index in [1.165, 1.54) is 4.90 Å². The van der Waals surface area contributed by atoms with E-state index in [1.807, 2.05) is 6.07 Å². The monoisotopic (exact) mass is 319 g/mol. The Kier molecular flexibility index (Phi) is 4.44. The standard InChI is InChI=1S/C15H17N3O3S/c19-13-9-22-15(21)18(13)8-10-2-1-3-11(6-10)14(20)17-12-4-5-16-7-12/h1-3,6,12,16H,4-5,7-9H2,(H,17,20). The zero-order valence-corrected chi connectivity index (χ0v) is 12.8. The van der Waals surface area contributed by atoms with E-state index >= 15 is 0 Å². The van der Waals surface area contributed by atoms with Gasteiger partial charge in [-0.25, -0.2) is 0 Å². The minimum Gasteiger partial charge on any atom is -0.348 e. The van der Waals surface area contributed by atoms with Crippen molar-refractivity contribution in [1.82, 2.24) is 15.5 Å². The van der Waals surface area contributed by atoms with Gasteiger partial charge in [0, 0.05) is 18.2 Å². The molecule has 116 valence electrons. The van der Waals surface area contributed by atoms with Crippen molar-refractivity contribution in [3.63, 3.8) is 0 Å². The van der Waals surface area contributed by atoms with Crippen LogP contribution in [0.2, 0.25) is 0 Å². The summed E-state index contributed by atoms with van der Waals surface area (Å²) in [5.41, 5.74) is 1.33. The van der Waals surface area contributed by atoms with Crippen molar-refractivity contribution in [2.45, 2.75) is 19.0 Å². The van der Waals surface area contributed by atoms with E-state index < -0.39 is 0 Å². The molecule has 0 saturated carbocycles. The van der Waals surface area contributed by atoms with E-state index in [2.05, 4.69) is 10.6 Å². The summed E-state index contributed by atoms with van der Waals surface area (Å²) in [6.07, 6.45) is 0.930. The molecule has 7 heteroatoms. The van der Waals surface area contributed by atoms with Gasteiger partial charge in [-0.05, 0) is 30.7 Å². The van der Waals surface area contributed by atoms with Gasteiger partial charge < -0.3 is 10.6 Å². The Morgan fingerprint density at radius 3 is 2.95 bits per heavy atom. The topological polar surface area (TPSA) is 78.5 Å². The first kappa shape index (κ1) is 15.1. The lowest BCUT2D eigenvalue weighted by molar-refractivity contribution is -0.125. The summed E-state index contributed by atoms with van der Waals surface area (Å²) in [5, 5.41) is 5.96. The second-order valence-corrected chi connectivity index (χ2v) is 6.32. The number of hydrogen-bond acceptors (Lipinski definition) is 5. The van der Waals surface area contributed by atoms with Crippen LogP contribution in [0.5, 0.6) is 0 Å². The van der Waals surface area contributed by atoms with E-state index in [-0.39, 0.29) is 35.4 Å². The molecule has 6 nitrogen and oxygen atoms in total. The van der Waals surface area contributed by atoms with Crippen LogP contribution in [-0.2, 0) is 11.3 Å². The van der Waals surface area contributed by atoms with Gasteiger partial charge in [0.2, 0.25) is 5.91 Å². The third kappa shape index (κ3) is 3.31. The molecule has 2 saturated heterocycles. The molecule has 2 aliphatic rings. The molecule has 2 fully saturated rings. The number of thioether (sulfide) groups is 1. The lowest BCUT2D eigenvalue weighted by atomic mass is 10.1. The highest BCUT2D eigenvalue weighted by molar-refractivity contribution is 8.14. The summed E-state index contributed by atoms with van der Waals surface area (Å²) in [4.78, 5) is 36.7. The van der Waals surface area contributed by atoms with Crippen LogP contribution in [0, 0.1) is 0 Å². The van der Waals surface area contributed by atoms with E-state index in [9.17, 15) is 14.4 Å². The largest absolute Gasteiger partial charge is 0.348 e. The lowest BCUT2D eigenvalue weighted by Crippen LogP contribution is -2.36. The summed E-state index contributed by atoms with van der Waals surface area (Å²) in [6.45, 7) is 1.93. The molecule has 2 heterocycles. The highest BCUT2D eigenvalue weighted by atomic mass is 32.2. The average molecular weight is 319 g/mol. The summed E-state index contributed by atoms with van der Waals surface area (Å²) in [7, 11) is 0. The zero-order chi connectivity index (χ0) is 15.5. The molecule has 22 heavy (non-hydrogen) atoms. The predicted octanol–water partition coefficient (Wildman–Crippen LogP) is 0.974. The van der Waals surface area contributed by atoms with Crippen molar-refractivity contribution in [2.24, 2.45) is 0 Å². The lowest BCUT2D eigenvalue weighted by Gasteiger charge is -2.14. The van der Waals surface area contributed by atoms with Crippen LogP contribution in [0.3, 0.4) is 0 Å². The predicted molar refractivity (Wildman–Crippen MR) is 83.6 cm³/mol. The highest BCUT2D eigenvalue weighted by Gasteiger charge is 2.29. The molecule has 0 spiro atoms. The Bertz CT molecular complexity index is 598. The first-order chi connectivity index (χ1) is 10.6. The second kappa shape index (κ2) is 6.50. The van der Waals surface area contributed by atoms with Crippen molar-refractivity contribution in [2.75, 3.05) is 18.8 Å². The van der Waals surface area contributed by atoms with Gasteiger partial charge in [-0.1, -0.05) is 23.9 Å². The molecule has 1 unspecified atom stereocenters. The Morgan fingerprint density at radius 1 is 1.41 bits per heavy atom. The Labute approximate surface area is 132 Å². The SMILES string of the molecule is O=C(NC1CCNC1)c1cccc(CN2C(=O)CSC2=O)c1. The van der Waals surface area contributed by atoms with Crippen molar-refractivity contribution in [1.29, 1.82) is 0 Å². The number of nitrogens with one attached hydrogen (secondary N) is 2. The molecule has 1 aromatic rings. The second-order valence-electron chi connectivity index (χ2n) is 5.40. The number of carbonyl (C=O) groups excluding carboxylic acids is 3. The smallest absolute Gasteiger partial charge is 0.289 e. The third-order valence-corrected chi connectivity index (χ3v) is 4.62. The van der Waals surface area contributed by atoms with Crippen LogP contribution in [-0.4, -0.2) is 46.8 Å². The zero-order valence-electron chi connectivity index (χ0n) is 12.0. The van der Waals surface area contributed by atoms with Crippen LogP contribution in [0.15, 0.2) is 24.3 Å². The molecule has 3 rings (SSSR count). The maximum absolute atomic E-state index is 12.2. The van der Waals surface area contributed by atoms with Crippen LogP contribution in [0.4, 0.5) is 4.79 Å². The molecular weight excluding hydrogens is 302 g/mol. The number of imide groups is 1. The average Bonchev–Trinajstić information content (AvgIpc) is 3.13. The van der Waals surface area contributed by atoms with Gasteiger partial charge in [0.05, 0.1) is 12.3 Å². The molecule has 3 amide bonds. The maximum Gasteiger partial charge on any atom is 0.289 e. The maximum atomic E-state index is 12.2. The van der Waals surface area contributed by atoms with Crippen LogP contribution in [0.1, 0.15) is 22.3 Å². The Morgan fingerprint density at radius 2 is 2.27 bits per heavy atom. The van der Waals surface area contributed by atoms with Gasteiger partial charge in [0.15, 0.2) is 0 Å². The minimum atomic E-state index is -0.225. The fraction of sp³-hybridized carbons (Fsp3) is 0.400. The molecule has 0 bridgehead atoms. The van der Waals surface area contributed by atoms with E-state index in [0.29, 0.717) is 5.56 Å². The van der Waals surface area contributed by atoms with Crippen molar-refractivity contribution in [3.8, 4) is 0 Å². The van der Waals surface area contributed by atoms with Crippen LogP contribution in [0.25, 0.3) is 0 Å². The number of hydrogen-bond donors (Lipinski definition) is 2. The van der Waals surface area contributed by atoms with Gasteiger partial charge >= 0.3 is 0 Å². The number of benzene rings is 1. The normalized spacial score (nSPS) is 21.5. The van der Waals surface area contributed by atoms with Crippen LogP contribution >= 0.6 is 11.8 Å². The first-order valence-electron chi connectivity index (χ1n) is 7.21. The quantitative estimate of drug-likeness (QED) is 0.865. The molecule has 1 atom stereocenters. The molecule has 0 aromatic heterocycles. The highest BCUT2D eigenvalue weighted by Crippen LogP contribution is 2.21. The van der Waals surface area contributed by atoms with Gasteiger partial charge in [-0.2, -0.15) is 0 Å². The molecule has 1 aromatic carbocycles. The summed E-state index contributed by atoms with van der Waals surface area (Å²) < 4.78 is 0. The fourth-order valence-corrected chi connectivity index (χ4v) is 3.30. The number of nitrogens with zero attached hydrogens (tertiary/aromatic N) is 1. The van der Waals surface area contributed by atoms with Gasteiger partial charge in [-0.15, -0.1) is 0 Å². The summed E-state index contributed by atoms with van der Waals surface area (Å²) in [5.74, 6) is -0.0980. The van der Waals surface area contributed by atoms with Crippen LogP contribution < -0.4 is 10.6 Å². The fourth-order valence-electron chi connectivity index (χ4n) is 2.57. The number of amides is 3. The number of carbonyl (C=O) groups is 3. The Hall–Kier alpha value is -1.86. The van der Waals surface area contributed by atoms with E-state index in [1.54, 1.807) is 18.2 Å². The first-order valence-corrected chi connectivity index (χ1v) is 8.19. The van der Waals surface area contributed by atoms with E-state index in [4.69, 9.17) is 0 Å². The van der Waals surface area contributed by atoms with Gasteiger partial charge in [-0.3, -0.25) is 19.3 Å². The van der Waals surface area contributed by atoms with E-state index in [0.717, 1.165) is 36.8 Å². The Balaban J connectivity index is 1.68.